The lowest BCUT2D eigenvalue weighted by molar-refractivity contribution is -0.127. The van der Waals surface area contributed by atoms with Gasteiger partial charge in [-0.15, -0.1) is 0 Å². The van der Waals surface area contributed by atoms with Gasteiger partial charge in [0.05, 0.1) is 0 Å². The molecule has 3 nitrogen and oxygen atoms in total. The quantitative estimate of drug-likeness (QED) is 0.684. The van der Waals surface area contributed by atoms with Crippen LogP contribution in [0.1, 0.15) is 32.6 Å². The molecule has 0 bridgehead atoms. The first-order chi connectivity index (χ1) is 6.29. The number of nitrogens with one attached hydrogen (secondary N) is 1. The second-order valence-electron chi connectivity index (χ2n) is 3.78. The molecule has 0 aliphatic heterocycles. The number of hydrogen-bond acceptors (Lipinski definition) is 2. The molecule has 2 atom stereocenters. The van der Waals surface area contributed by atoms with Crippen molar-refractivity contribution in [3.8, 4) is 0 Å². The zero-order chi connectivity index (χ0) is 9.68. The summed E-state index contributed by atoms with van der Waals surface area (Å²) in [6.45, 7) is 3.34. The zero-order valence-corrected chi connectivity index (χ0v) is 8.38. The molecule has 1 amide bonds. The number of nitrogens with two attached hydrogens (primary N) is 1. The molecule has 2 unspecified atom stereocenters. The number of rotatable bonds is 3. The van der Waals surface area contributed by atoms with E-state index in [1.54, 1.807) is 0 Å². The second-order valence-corrected chi connectivity index (χ2v) is 3.78. The van der Waals surface area contributed by atoms with Crippen molar-refractivity contribution < 1.29 is 4.79 Å². The average molecular weight is 184 g/mol. The Morgan fingerprint density at radius 1 is 1.46 bits per heavy atom. The van der Waals surface area contributed by atoms with Gasteiger partial charge in [0.25, 0.3) is 0 Å². The molecule has 1 aliphatic carbocycles. The molecule has 3 N–H and O–H groups in total. The Labute approximate surface area is 80.1 Å². The van der Waals surface area contributed by atoms with Crippen LogP contribution in [0.4, 0.5) is 0 Å². The smallest absolute Gasteiger partial charge is 0.223 e. The molecule has 0 aromatic rings. The highest BCUT2D eigenvalue weighted by molar-refractivity contribution is 5.79. The van der Waals surface area contributed by atoms with E-state index in [0.29, 0.717) is 12.5 Å². The highest BCUT2D eigenvalue weighted by atomic mass is 16.1. The standard InChI is InChI=1S/C10H20N2O/c1-2-12-10(13)9-6-4-3-5-8(9)7-11/h8-9H,2-7,11H2,1H3,(H,12,13). The van der Waals surface area contributed by atoms with E-state index < -0.39 is 0 Å². The van der Waals surface area contributed by atoms with Gasteiger partial charge in [0, 0.05) is 12.5 Å². The number of carbonyl (C=O) groups is 1. The van der Waals surface area contributed by atoms with E-state index in [9.17, 15) is 4.79 Å². The molecular formula is C10H20N2O. The molecule has 0 aromatic carbocycles. The minimum atomic E-state index is 0.179. The summed E-state index contributed by atoms with van der Waals surface area (Å²) in [5.74, 6) is 0.802. The normalized spacial score (nSPS) is 28.5. The van der Waals surface area contributed by atoms with Gasteiger partial charge in [0.2, 0.25) is 5.91 Å². The van der Waals surface area contributed by atoms with Crippen molar-refractivity contribution in [2.45, 2.75) is 32.6 Å². The van der Waals surface area contributed by atoms with Crippen LogP contribution in [0, 0.1) is 11.8 Å². The Kier molecular flexibility index (Phi) is 4.22. The Hall–Kier alpha value is -0.570. The van der Waals surface area contributed by atoms with E-state index in [1.807, 2.05) is 6.92 Å². The molecule has 0 radical (unpaired) electrons. The van der Waals surface area contributed by atoms with Crippen LogP contribution in [0.15, 0.2) is 0 Å². The number of hydrogen-bond donors (Lipinski definition) is 2. The lowest BCUT2D eigenvalue weighted by Crippen LogP contribution is -2.39. The molecular weight excluding hydrogens is 164 g/mol. The van der Waals surface area contributed by atoms with Gasteiger partial charge >= 0.3 is 0 Å². The number of carbonyl (C=O) groups excluding carboxylic acids is 1. The minimum absolute atomic E-state index is 0.179. The maximum Gasteiger partial charge on any atom is 0.223 e. The summed E-state index contributed by atoms with van der Waals surface area (Å²) in [5, 5.41) is 2.89. The zero-order valence-electron chi connectivity index (χ0n) is 8.38. The first-order valence-corrected chi connectivity index (χ1v) is 5.27. The van der Waals surface area contributed by atoms with Gasteiger partial charge in [-0.05, 0) is 32.2 Å². The van der Waals surface area contributed by atoms with Crippen molar-refractivity contribution in [1.29, 1.82) is 0 Å². The second kappa shape index (κ2) is 5.22. The van der Waals surface area contributed by atoms with Crippen LogP contribution in [-0.2, 0) is 4.79 Å². The van der Waals surface area contributed by atoms with Gasteiger partial charge in [-0.1, -0.05) is 12.8 Å². The summed E-state index contributed by atoms with van der Waals surface area (Å²) < 4.78 is 0. The maximum absolute atomic E-state index is 11.6. The number of amides is 1. The van der Waals surface area contributed by atoms with Crippen molar-refractivity contribution >= 4 is 5.91 Å². The van der Waals surface area contributed by atoms with Crippen LogP contribution >= 0.6 is 0 Å². The lowest BCUT2D eigenvalue weighted by atomic mass is 9.79. The Bertz CT molecular complexity index is 170. The molecule has 1 saturated carbocycles. The predicted molar refractivity (Wildman–Crippen MR) is 53.2 cm³/mol. The largest absolute Gasteiger partial charge is 0.356 e. The van der Waals surface area contributed by atoms with E-state index in [2.05, 4.69) is 5.32 Å². The highest BCUT2D eigenvalue weighted by Gasteiger charge is 2.29. The molecule has 0 aromatic heterocycles. The third-order valence-electron chi connectivity index (χ3n) is 2.90. The molecule has 76 valence electrons. The van der Waals surface area contributed by atoms with Gasteiger partial charge in [-0.3, -0.25) is 4.79 Å². The Balaban J connectivity index is 2.48. The topological polar surface area (TPSA) is 55.1 Å². The van der Waals surface area contributed by atoms with Crippen LogP contribution < -0.4 is 11.1 Å². The van der Waals surface area contributed by atoms with Gasteiger partial charge in [0.1, 0.15) is 0 Å². The minimum Gasteiger partial charge on any atom is -0.356 e. The fourth-order valence-electron chi connectivity index (χ4n) is 2.14. The SMILES string of the molecule is CCNC(=O)C1CCCCC1CN. The van der Waals surface area contributed by atoms with Crippen LogP contribution in [0.5, 0.6) is 0 Å². The van der Waals surface area contributed by atoms with Gasteiger partial charge < -0.3 is 11.1 Å². The summed E-state index contributed by atoms with van der Waals surface area (Å²) in [6.07, 6.45) is 4.56. The molecule has 1 rings (SSSR count). The van der Waals surface area contributed by atoms with Crippen LogP contribution in [0.25, 0.3) is 0 Å². The Morgan fingerprint density at radius 2 is 2.15 bits per heavy atom. The fraction of sp³-hybridized carbons (Fsp3) is 0.900. The van der Waals surface area contributed by atoms with Crippen LogP contribution in [0.2, 0.25) is 0 Å². The molecule has 0 heterocycles. The van der Waals surface area contributed by atoms with E-state index in [4.69, 9.17) is 5.73 Å². The molecule has 13 heavy (non-hydrogen) atoms. The third kappa shape index (κ3) is 2.69. The van der Waals surface area contributed by atoms with E-state index in [1.165, 1.54) is 12.8 Å². The van der Waals surface area contributed by atoms with Crippen molar-refractivity contribution in [3.05, 3.63) is 0 Å². The fourth-order valence-corrected chi connectivity index (χ4v) is 2.14. The Morgan fingerprint density at radius 3 is 2.77 bits per heavy atom. The molecule has 1 fully saturated rings. The third-order valence-corrected chi connectivity index (χ3v) is 2.90. The summed E-state index contributed by atoms with van der Waals surface area (Å²) in [7, 11) is 0. The molecule has 3 heteroatoms. The summed E-state index contributed by atoms with van der Waals surface area (Å²) >= 11 is 0. The van der Waals surface area contributed by atoms with Gasteiger partial charge in [-0.25, -0.2) is 0 Å². The van der Waals surface area contributed by atoms with Crippen molar-refractivity contribution in [2.24, 2.45) is 17.6 Å². The van der Waals surface area contributed by atoms with Crippen molar-refractivity contribution in [1.82, 2.24) is 5.32 Å². The summed E-state index contributed by atoms with van der Waals surface area (Å²) in [4.78, 5) is 11.6. The predicted octanol–water partition coefficient (Wildman–Crippen LogP) is 0.888. The van der Waals surface area contributed by atoms with E-state index >= 15 is 0 Å². The van der Waals surface area contributed by atoms with Crippen molar-refractivity contribution in [3.63, 3.8) is 0 Å². The van der Waals surface area contributed by atoms with Crippen molar-refractivity contribution in [2.75, 3.05) is 13.1 Å². The summed E-state index contributed by atoms with van der Waals surface area (Å²) in [6, 6.07) is 0. The van der Waals surface area contributed by atoms with E-state index in [0.717, 1.165) is 19.4 Å². The van der Waals surface area contributed by atoms with Gasteiger partial charge in [-0.2, -0.15) is 0 Å². The molecule has 0 saturated heterocycles. The van der Waals surface area contributed by atoms with E-state index in [-0.39, 0.29) is 11.8 Å². The van der Waals surface area contributed by atoms with Crippen LogP contribution in [0.3, 0.4) is 0 Å². The van der Waals surface area contributed by atoms with Crippen LogP contribution in [-0.4, -0.2) is 19.0 Å². The van der Waals surface area contributed by atoms with Gasteiger partial charge in [0.15, 0.2) is 0 Å². The molecule has 0 spiro atoms. The first-order valence-electron chi connectivity index (χ1n) is 5.27. The highest BCUT2D eigenvalue weighted by Crippen LogP contribution is 2.29. The lowest BCUT2D eigenvalue weighted by Gasteiger charge is -2.29. The monoisotopic (exact) mass is 184 g/mol. The maximum atomic E-state index is 11.6. The molecule has 1 aliphatic rings. The first kappa shape index (κ1) is 10.5. The summed E-state index contributed by atoms with van der Waals surface area (Å²) in [5.41, 5.74) is 5.65. The average Bonchev–Trinajstić information content (AvgIpc) is 2.18.